The average molecular weight is 495 g/mol. The molecule has 4 heterocycles. The first-order valence-corrected chi connectivity index (χ1v) is 11.7. The number of benzene rings is 2. The minimum Gasteiger partial charge on any atom is -0.490 e. The van der Waals surface area contributed by atoms with Crippen molar-refractivity contribution in [2.75, 3.05) is 31.1 Å². The van der Waals surface area contributed by atoms with Crippen molar-refractivity contribution in [2.45, 2.75) is 32.4 Å². The first kappa shape index (κ1) is 22.4. The number of halogens is 2. The van der Waals surface area contributed by atoms with Crippen LogP contribution in [0.3, 0.4) is 0 Å². The molecular formula is C25H24F2N6O3. The summed E-state index contributed by atoms with van der Waals surface area (Å²) >= 11 is 0. The largest absolute Gasteiger partial charge is 0.490 e. The third-order valence-electron chi connectivity index (χ3n) is 6.44. The van der Waals surface area contributed by atoms with Gasteiger partial charge in [0.2, 0.25) is 0 Å². The van der Waals surface area contributed by atoms with Gasteiger partial charge >= 0.3 is 6.09 Å². The van der Waals surface area contributed by atoms with E-state index in [1.54, 1.807) is 11.0 Å². The van der Waals surface area contributed by atoms with Gasteiger partial charge in [-0.3, -0.25) is 0 Å². The fraction of sp³-hybridized carbons (Fsp3) is 0.360. The number of anilines is 1. The second kappa shape index (κ2) is 8.00. The van der Waals surface area contributed by atoms with Crippen molar-refractivity contribution in [3.63, 3.8) is 0 Å². The lowest BCUT2D eigenvalue weighted by atomic mass is 10.00. The van der Waals surface area contributed by atoms with Crippen molar-refractivity contribution in [1.82, 2.24) is 24.8 Å². The zero-order valence-corrected chi connectivity index (χ0v) is 20.0. The van der Waals surface area contributed by atoms with Gasteiger partial charge in [-0.1, -0.05) is 0 Å². The minimum atomic E-state index is -0.679. The third kappa shape index (κ3) is 3.57. The zero-order chi connectivity index (χ0) is 25.2. The maximum absolute atomic E-state index is 15.9. The van der Waals surface area contributed by atoms with Gasteiger partial charge in [-0.15, -0.1) is 0 Å². The predicted octanol–water partition coefficient (Wildman–Crippen LogP) is 4.27. The lowest BCUT2D eigenvalue weighted by Gasteiger charge is -2.41. The van der Waals surface area contributed by atoms with Crippen LogP contribution in [-0.4, -0.2) is 68.8 Å². The Bertz CT molecular complexity index is 1520. The topological polar surface area (TPSA) is 96.5 Å². The zero-order valence-electron chi connectivity index (χ0n) is 20.0. The highest BCUT2D eigenvalue weighted by Gasteiger charge is 2.37. The Morgan fingerprint density at radius 3 is 2.81 bits per heavy atom. The lowest BCUT2D eigenvalue weighted by Crippen LogP contribution is -2.57. The molecule has 11 heteroatoms. The van der Waals surface area contributed by atoms with Crippen LogP contribution in [0.4, 0.5) is 19.4 Å². The van der Waals surface area contributed by atoms with E-state index in [-0.39, 0.29) is 29.3 Å². The standard InChI is InChI=1S/C25H24F2N6O3/c1-25(2,3)36-24(34)32-6-7-33-13(9-32)10-35-17-8-14(20(27)22-19(17)23(33)31-12-30-22)18-15(26)4-5-16-21(18)29-11-28-16/h4-5,8,11-13H,6-7,9-10H2,1-3H3,(H,28,29). The minimum absolute atomic E-state index is 0.00704. The Hall–Kier alpha value is -4.02. The maximum Gasteiger partial charge on any atom is 0.410 e. The van der Waals surface area contributed by atoms with E-state index < -0.39 is 23.3 Å². The molecule has 1 atom stereocenters. The molecule has 1 amide bonds. The van der Waals surface area contributed by atoms with Gasteiger partial charge in [-0.2, -0.15) is 0 Å². The Morgan fingerprint density at radius 1 is 1.17 bits per heavy atom. The van der Waals surface area contributed by atoms with Crippen molar-refractivity contribution in [1.29, 1.82) is 0 Å². The number of nitrogens with one attached hydrogen (secondary N) is 1. The SMILES string of the molecule is CC(C)(C)OC(=O)N1CCN2c3ncnc4c(F)c(-c5c(F)ccc6[nH]cnc56)cc(c34)OCC2C1. The van der Waals surface area contributed by atoms with E-state index in [4.69, 9.17) is 9.47 Å². The summed E-state index contributed by atoms with van der Waals surface area (Å²) in [7, 11) is 0. The maximum atomic E-state index is 15.9. The Kier molecular flexibility index (Phi) is 4.99. The van der Waals surface area contributed by atoms with Crippen LogP contribution in [0.2, 0.25) is 0 Å². The Balaban J connectivity index is 1.43. The van der Waals surface area contributed by atoms with Gasteiger partial charge in [-0.25, -0.2) is 28.5 Å². The Morgan fingerprint density at radius 2 is 2.00 bits per heavy atom. The summed E-state index contributed by atoms with van der Waals surface area (Å²) < 4.78 is 42.6. The summed E-state index contributed by atoms with van der Waals surface area (Å²) in [4.78, 5) is 32.1. The van der Waals surface area contributed by atoms with Crippen molar-refractivity contribution < 1.29 is 23.0 Å². The number of ether oxygens (including phenoxy) is 2. The normalized spacial score (nSPS) is 17.6. The molecule has 186 valence electrons. The van der Waals surface area contributed by atoms with Crippen molar-refractivity contribution in [3.05, 3.63) is 42.5 Å². The summed E-state index contributed by atoms with van der Waals surface area (Å²) in [5.74, 6) is -0.415. The number of aromatic nitrogens is 4. The number of fused-ring (bicyclic) bond motifs is 3. The molecule has 2 aliphatic rings. The number of aromatic amines is 1. The van der Waals surface area contributed by atoms with Crippen LogP contribution in [0.25, 0.3) is 33.1 Å². The first-order valence-electron chi connectivity index (χ1n) is 11.7. The van der Waals surface area contributed by atoms with Crippen molar-refractivity contribution in [3.8, 4) is 16.9 Å². The molecule has 1 fully saturated rings. The van der Waals surface area contributed by atoms with Gasteiger partial charge < -0.3 is 24.3 Å². The molecule has 0 spiro atoms. The summed E-state index contributed by atoms with van der Waals surface area (Å²) in [6, 6.07) is 4.08. The molecule has 2 aliphatic heterocycles. The van der Waals surface area contributed by atoms with E-state index in [2.05, 4.69) is 19.9 Å². The number of hydrogen-bond donors (Lipinski definition) is 1. The average Bonchev–Trinajstić information content (AvgIpc) is 3.25. The van der Waals surface area contributed by atoms with Gasteiger partial charge in [0.25, 0.3) is 0 Å². The van der Waals surface area contributed by atoms with Crippen LogP contribution in [0.1, 0.15) is 20.8 Å². The number of rotatable bonds is 1. The number of carbonyl (C=O) groups excluding carboxylic acids is 1. The molecule has 9 nitrogen and oxygen atoms in total. The van der Waals surface area contributed by atoms with E-state index in [0.29, 0.717) is 47.6 Å². The van der Waals surface area contributed by atoms with Crippen LogP contribution in [0.5, 0.6) is 5.75 Å². The molecule has 2 aromatic carbocycles. The molecule has 2 aromatic heterocycles. The number of imidazole rings is 1. The van der Waals surface area contributed by atoms with Crippen LogP contribution >= 0.6 is 0 Å². The van der Waals surface area contributed by atoms with E-state index in [9.17, 15) is 9.18 Å². The highest BCUT2D eigenvalue weighted by molar-refractivity contribution is 6.01. The van der Waals surface area contributed by atoms with Gasteiger partial charge in [0.1, 0.15) is 41.4 Å². The molecule has 0 aliphatic carbocycles. The molecule has 1 saturated heterocycles. The van der Waals surface area contributed by atoms with Gasteiger partial charge in [0.05, 0.1) is 28.8 Å². The van der Waals surface area contributed by atoms with Gasteiger partial charge in [0.15, 0.2) is 5.82 Å². The molecule has 0 radical (unpaired) electrons. The number of H-pyrrole nitrogens is 1. The molecule has 6 rings (SSSR count). The number of piperazine rings is 1. The Labute approximate surface area is 205 Å². The first-order chi connectivity index (χ1) is 17.2. The summed E-state index contributed by atoms with van der Waals surface area (Å²) in [5.41, 5.74) is 0.367. The highest BCUT2D eigenvalue weighted by atomic mass is 19.1. The summed E-state index contributed by atoms with van der Waals surface area (Å²) in [6.45, 7) is 6.91. The van der Waals surface area contributed by atoms with Gasteiger partial charge in [0, 0.05) is 30.8 Å². The molecule has 1 unspecified atom stereocenters. The van der Waals surface area contributed by atoms with Gasteiger partial charge in [-0.05, 0) is 39.0 Å². The molecule has 36 heavy (non-hydrogen) atoms. The van der Waals surface area contributed by atoms with E-state index >= 15 is 4.39 Å². The van der Waals surface area contributed by atoms with Crippen LogP contribution in [-0.2, 0) is 4.74 Å². The lowest BCUT2D eigenvalue weighted by molar-refractivity contribution is 0.0202. The van der Waals surface area contributed by atoms with Crippen LogP contribution in [0.15, 0.2) is 30.9 Å². The predicted molar refractivity (Wildman–Crippen MR) is 129 cm³/mol. The van der Waals surface area contributed by atoms with Crippen LogP contribution < -0.4 is 9.64 Å². The van der Waals surface area contributed by atoms with Crippen molar-refractivity contribution in [2.24, 2.45) is 0 Å². The van der Waals surface area contributed by atoms with E-state index in [1.807, 2.05) is 25.7 Å². The highest BCUT2D eigenvalue weighted by Crippen LogP contribution is 2.43. The number of nitrogens with zero attached hydrogens (tertiary/aromatic N) is 5. The summed E-state index contributed by atoms with van der Waals surface area (Å²) in [6.07, 6.45) is 2.34. The third-order valence-corrected chi connectivity index (χ3v) is 6.44. The summed E-state index contributed by atoms with van der Waals surface area (Å²) in [5, 5.41) is 0.418. The second-order valence-electron chi connectivity index (χ2n) is 9.96. The van der Waals surface area contributed by atoms with E-state index in [0.717, 1.165) is 0 Å². The molecule has 0 saturated carbocycles. The fourth-order valence-electron chi connectivity index (χ4n) is 4.87. The number of carbonyl (C=O) groups is 1. The van der Waals surface area contributed by atoms with Crippen molar-refractivity contribution >= 4 is 33.8 Å². The molecule has 4 aromatic rings. The molecular weight excluding hydrogens is 470 g/mol. The number of amides is 1. The van der Waals surface area contributed by atoms with E-state index in [1.165, 1.54) is 24.8 Å². The molecule has 0 bridgehead atoms. The monoisotopic (exact) mass is 494 g/mol. The quantitative estimate of drug-likeness (QED) is 0.422. The van der Waals surface area contributed by atoms with Crippen LogP contribution in [0, 0.1) is 11.6 Å². The molecule has 1 N–H and O–H groups in total. The smallest absolute Gasteiger partial charge is 0.410 e. The second-order valence-corrected chi connectivity index (χ2v) is 9.96. The number of hydrogen-bond acceptors (Lipinski definition) is 7. The fourth-order valence-corrected chi connectivity index (χ4v) is 4.87.